The maximum Gasteiger partial charge on any atom is 0.328 e. The highest BCUT2D eigenvalue weighted by atomic mass is 16.4. The molecule has 1 aromatic carbocycles. The van der Waals surface area contributed by atoms with Crippen molar-refractivity contribution < 1.29 is 34.5 Å². The first-order valence-electron chi connectivity index (χ1n) is 10.7. The predicted molar refractivity (Wildman–Crippen MR) is 120 cm³/mol. The number of carbonyl (C=O) groups is 4. The van der Waals surface area contributed by atoms with Crippen molar-refractivity contribution in [3.05, 3.63) is 35.9 Å². The summed E-state index contributed by atoms with van der Waals surface area (Å²) in [6.07, 6.45) is -0.901. The number of carboxylic acid groups (broad SMARTS) is 1. The molecule has 0 aromatic heterocycles. The largest absolute Gasteiger partial charge is 0.480 e. The van der Waals surface area contributed by atoms with Gasteiger partial charge >= 0.3 is 5.97 Å². The van der Waals surface area contributed by atoms with Gasteiger partial charge in [0.25, 0.3) is 0 Å². The first-order valence-corrected chi connectivity index (χ1v) is 10.7. The summed E-state index contributed by atoms with van der Waals surface area (Å²) in [7, 11) is 0. The molecule has 0 aliphatic heterocycles. The number of carbonyl (C=O) groups excluding carboxylic acids is 3. The average Bonchev–Trinajstić information content (AvgIpc) is 2.74. The van der Waals surface area contributed by atoms with Crippen molar-refractivity contribution in [2.45, 2.75) is 63.9 Å². The van der Waals surface area contributed by atoms with Gasteiger partial charge < -0.3 is 37.0 Å². The minimum atomic E-state index is -1.62. The van der Waals surface area contributed by atoms with E-state index in [0.717, 1.165) is 5.56 Å². The molecule has 0 heterocycles. The van der Waals surface area contributed by atoms with Gasteiger partial charge in [-0.25, -0.2) is 4.79 Å². The standard InChI is InChI=1S/C22H34N4O7/c1-12(2)9-16(24-19(29)15(23)10-14-7-5-4-6-8-14)20(30)25-17(11-27)21(31)26-18(13(3)28)22(32)33/h4-8,12-13,15-18,27-28H,9-11,23H2,1-3H3,(H,24,29)(H,25,30)(H,26,31)(H,32,33). The minimum Gasteiger partial charge on any atom is -0.480 e. The fourth-order valence-corrected chi connectivity index (χ4v) is 3.05. The van der Waals surface area contributed by atoms with Crippen LogP contribution >= 0.6 is 0 Å². The highest BCUT2D eigenvalue weighted by Crippen LogP contribution is 2.08. The molecule has 184 valence electrons. The van der Waals surface area contributed by atoms with Crippen molar-refractivity contribution in [2.75, 3.05) is 6.61 Å². The van der Waals surface area contributed by atoms with Crippen molar-refractivity contribution >= 4 is 23.7 Å². The zero-order valence-corrected chi connectivity index (χ0v) is 19.0. The summed E-state index contributed by atoms with van der Waals surface area (Å²) in [4.78, 5) is 48.9. The maximum absolute atomic E-state index is 12.8. The Labute approximate surface area is 192 Å². The van der Waals surface area contributed by atoms with Crippen molar-refractivity contribution in [3.63, 3.8) is 0 Å². The van der Waals surface area contributed by atoms with E-state index in [1.54, 1.807) is 0 Å². The Morgan fingerprint density at radius 1 is 0.909 bits per heavy atom. The summed E-state index contributed by atoms with van der Waals surface area (Å²) < 4.78 is 0. The van der Waals surface area contributed by atoms with Gasteiger partial charge in [-0.2, -0.15) is 0 Å². The van der Waals surface area contributed by atoms with Gasteiger partial charge in [0, 0.05) is 0 Å². The first-order chi connectivity index (χ1) is 15.5. The van der Waals surface area contributed by atoms with E-state index in [4.69, 9.17) is 10.8 Å². The van der Waals surface area contributed by atoms with E-state index < -0.39 is 60.6 Å². The molecule has 11 heteroatoms. The van der Waals surface area contributed by atoms with Gasteiger partial charge in [0.2, 0.25) is 17.7 Å². The number of hydrogen-bond donors (Lipinski definition) is 7. The van der Waals surface area contributed by atoms with Crippen LogP contribution in [0.3, 0.4) is 0 Å². The molecule has 3 amide bonds. The Hall–Kier alpha value is -3.02. The van der Waals surface area contributed by atoms with Crippen LogP contribution in [0.25, 0.3) is 0 Å². The number of nitrogens with one attached hydrogen (secondary N) is 3. The van der Waals surface area contributed by atoms with Gasteiger partial charge in [0.05, 0.1) is 18.8 Å². The SMILES string of the molecule is CC(C)CC(NC(=O)C(N)Cc1ccccc1)C(=O)NC(CO)C(=O)NC(C(=O)O)C(C)O. The molecule has 33 heavy (non-hydrogen) atoms. The third kappa shape index (κ3) is 9.56. The molecule has 5 unspecified atom stereocenters. The first kappa shape index (κ1) is 28.0. The summed E-state index contributed by atoms with van der Waals surface area (Å²) >= 11 is 0. The Balaban J connectivity index is 2.84. The lowest BCUT2D eigenvalue weighted by molar-refractivity contribution is -0.145. The summed E-state index contributed by atoms with van der Waals surface area (Å²) in [6.45, 7) is 4.04. The topological polar surface area (TPSA) is 191 Å². The number of benzene rings is 1. The highest BCUT2D eigenvalue weighted by molar-refractivity contribution is 5.94. The number of nitrogens with two attached hydrogens (primary N) is 1. The van der Waals surface area contributed by atoms with Gasteiger partial charge in [0.1, 0.15) is 12.1 Å². The van der Waals surface area contributed by atoms with E-state index in [2.05, 4.69) is 16.0 Å². The van der Waals surface area contributed by atoms with E-state index in [1.807, 2.05) is 44.2 Å². The Morgan fingerprint density at radius 3 is 1.94 bits per heavy atom. The lowest BCUT2D eigenvalue weighted by atomic mass is 10.0. The van der Waals surface area contributed by atoms with E-state index in [1.165, 1.54) is 6.92 Å². The minimum absolute atomic E-state index is 0.000528. The molecule has 11 nitrogen and oxygen atoms in total. The second-order valence-electron chi connectivity index (χ2n) is 8.30. The van der Waals surface area contributed by atoms with Crippen LogP contribution in [0.5, 0.6) is 0 Å². The van der Waals surface area contributed by atoms with Crippen molar-refractivity contribution in [1.82, 2.24) is 16.0 Å². The highest BCUT2D eigenvalue weighted by Gasteiger charge is 2.31. The molecule has 0 aliphatic rings. The number of aliphatic carboxylic acids is 1. The molecular formula is C22H34N4O7. The summed E-state index contributed by atoms with van der Waals surface area (Å²) in [5, 5.41) is 35.1. The third-order valence-electron chi connectivity index (χ3n) is 4.84. The van der Waals surface area contributed by atoms with Gasteiger partial charge in [-0.3, -0.25) is 14.4 Å². The van der Waals surface area contributed by atoms with E-state index in [0.29, 0.717) is 0 Å². The molecule has 5 atom stereocenters. The molecule has 0 saturated heterocycles. The Morgan fingerprint density at radius 2 is 1.45 bits per heavy atom. The van der Waals surface area contributed by atoms with Crippen molar-refractivity contribution in [1.29, 1.82) is 0 Å². The van der Waals surface area contributed by atoms with Crippen LogP contribution in [0.1, 0.15) is 32.8 Å². The molecule has 0 radical (unpaired) electrons. The zero-order valence-electron chi connectivity index (χ0n) is 19.0. The number of rotatable bonds is 13. The monoisotopic (exact) mass is 466 g/mol. The summed E-state index contributed by atoms with van der Waals surface area (Å²) in [6, 6.07) is 4.09. The van der Waals surface area contributed by atoms with Crippen LogP contribution in [-0.2, 0) is 25.6 Å². The van der Waals surface area contributed by atoms with Crippen molar-refractivity contribution in [3.8, 4) is 0 Å². The van der Waals surface area contributed by atoms with Gasteiger partial charge in [0.15, 0.2) is 6.04 Å². The molecule has 0 spiro atoms. The second kappa shape index (κ2) is 13.5. The molecule has 0 saturated carbocycles. The normalized spacial score (nSPS) is 15.6. The smallest absolute Gasteiger partial charge is 0.328 e. The van der Waals surface area contributed by atoms with Crippen LogP contribution in [0, 0.1) is 5.92 Å². The lowest BCUT2D eigenvalue weighted by Gasteiger charge is -2.25. The fraction of sp³-hybridized carbons (Fsp3) is 0.545. The molecule has 8 N–H and O–H groups in total. The zero-order chi connectivity index (χ0) is 25.1. The fourth-order valence-electron chi connectivity index (χ4n) is 3.05. The van der Waals surface area contributed by atoms with E-state index in [-0.39, 0.29) is 18.8 Å². The summed E-state index contributed by atoms with van der Waals surface area (Å²) in [5.41, 5.74) is 6.84. The molecule has 0 fully saturated rings. The number of carboxylic acids is 1. The second-order valence-corrected chi connectivity index (χ2v) is 8.30. The number of hydrogen-bond acceptors (Lipinski definition) is 7. The van der Waals surface area contributed by atoms with Gasteiger partial charge in [-0.1, -0.05) is 44.2 Å². The lowest BCUT2D eigenvalue weighted by Crippen LogP contribution is -2.59. The molecule has 1 rings (SSSR count). The van der Waals surface area contributed by atoms with Gasteiger partial charge in [-0.15, -0.1) is 0 Å². The van der Waals surface area contributed by atoms with Crippen LogP contribution in [0.4, 0.5) is 0 Å². The Kier molecular flexibility index (Phi) is 11.5. The quantitative estimate of drug-likeness (QED) is 0.183. The average molecular weight is 467 g/mol. The molecule has 1 aromatic rings. The molecule has 0 bridgehead atoms. The number of aliphatic hydroxyl groups is 2. The predicted octanol–water partition coefficient (Wildman–Crippen LogP) is -1.49. The van der Waals surface area contributed by atoms with Crippen LogP contribution in [0.15, 0.2) is 30.3 Å². The number of amides is 3. The van der Waals surface area contributed by atoms with E-state index >= 15 is 0 Å². The van der Waals surface area contributed by atoms with Crippen LogP contribution < -0.4 is 21.7 Å². The third-order valence-corrected chi connectivity index (χ3v) is 4.84. The molecule has 0 aliphatic carbocycles. The number of aliphatic hydroxyl groups excluding tert-OH is 2. The molecular weight excluding hydrogens is 432 g/mol. The maximum atomic E-state index is 12.8. The van der Waals surface area contributed by atoms with Gasteiger partial charge in [-0.05, 0) is 31.2 Å². The van der Waals surface area contributed by atoms with Crippen LogP contribution in [0.2, 0.25) is 0 Å². The van der Waals surface area contributed by atoms with Crippen LogP contribution in [-0.4, -0.2) is 75.9 Å². The Bertz CT molecular complexity index is 801. The summed E-state index contributed by atoms with van der Waals surface area (Å²) in [5.74, 6) is -3.75. The van der Waals surface area contributed by atoms with Crippen molar-refractivity contribution in [2.24, 2.45) is 11.7 Å². The van der Waals surface area contributed by atoms with E-state index in [9.17, 15) is 29.4 Å².